The lowest BCUT2D eigenvalue weighted by molar-refractivity contribution is 0.486. The molecule has 0 unspecified atom stereocenters. The van der Waals surface area contributed by atoms with Gasteiger partial charge in [-0.1, -0.05) is 37.7 Å². The zero-order chi connectivity index (χ0) is 17.3. The molecule has 6 heteroatoms. The molecule has 3 rings (SSSR count). The van der Waals surface area contributed by atoms with E-state index in [0.29, 0.717) is 18.0 Å². The van der Waals surface area contributed by atoms with E-state index in [1.165, 1.54) is 5.69 Å². The highest BCUT2D eigenvalue weighted by molar-refractivity contribution is 7.99. The van der Waals surface area contributed by atoms with Crippen LogP contribution in [0.15, 0.2) is 38.6 Å². The maximum absolute atomic E-state index is 12.0. The summed E-state index contributed by atoms with van der Waals surface area (Å²) in [5, 5.41) is 1.03. The van der Waals surface area contributed by atoms with Gasteiger partial charge in [-0.05, 0) is 31.9 Å². The molecule has 0 radical (unpaired) electrons. The Morgan fingerprint density at radius 1 is 1.21 bits per heavy atom. The zero-order valence-electron chi connectivity index (χ0n) is 14.6. The van der Waals surface area contributed by atoms with Crippen molar-refractivity contribution in [1.82, 2.24) is 14.1 Å². The van der Waals surface area contributed by atoms with Crippen LogP contribution in [0.2, 0.25) is 0 Å². The van der Waals surface area contributed by atoms with Crippen molar-refractivity contribution in [3.63, 3.8) is 0 Å². The minimum absolute atomic E-state index is 0.297. The van der Waals surface area contributed by atoms with Gasteiger partial charge < -0.3 is 8.98 Å². The first-order chi connectivity index (χ1) is 11.5. The summed E-state index contributed by atoms with van der Waals surface area (Å²) in [4.78, 5) is 16.7. The molecule has 0 aliphatic rings. The van der Waals surface area contributed by atoms with Gasteiger partial charge in [-0.25, -0.2) is 9.78 Å². The standard InChI is InChI=1S/C18H23N3O2S/c1-12(2)11-21-14(4)13(3)19-17(21)24-10-9-20-15-7-5-6-8-16(15)23-18(20)22/h5-8,12H,9-11H2,1-4H3. The number of aromatic nitrogens is 3. The minimum atomic E-state index is -0.297. The molecule has 0 atom stereocenters. The first kappa shape index (κ1) is 16.9. The van der Waals surface area contributed by atoms with Gasteiger partial charge in [0.15, 0.2) is 10.7 Å². The molecule has 0 spiro atoms. The number of benzene rings is 1. The van der Waals surface area contributed by atoms with Crippen LogP contribution in [-0.4, -0.2) is 19.9 Å². The predicted octanol–water partition coefficient (Wildman–Crippen LogP) is 3.86. The largest absolute Gasteiger partial charge is 0.419 e. The second-order valence-corrected chi connectivity index (χ2v) is 7.47. The average molecular weight is 345 g/mol. The van der Waals surface area contributed by atoms with Crippen LogP contribution in [0.5, 0.6) is 0 Å². The van der Waals surface area contributed by atoms with Gasteiger partial charge in [-0.3, -0.25) is 4.57 Å². The molecule has 0 fully saturated rings. The van der Waals surface area contributed by atoms with Crippen molar-refractivity contribution >= 4 is 22.9 Å². The van der Waals surface area contributed by atoms with Crippen molar-refractivity contribution in [2.24, 2.45) is 5.92 Å². The highest BCUT2D eigenvalue weighted by Crippen LogP contribution is 2.23. The Balaban J connectivity index is 1.76. The molecule has 2 heterocycles. The van der Waals surface area contributed by atoms with Crippen LogP contribution in [0.3, 0.4) is 0 Å². The number of fused-ring (bicyclic) bond motifs is 1. The number of aryl methyl sites for hydroxylation is 2. The van der Waals surface area contributed by atoms with Crippen LogP contribution in [0, 0.1) is 19.8 Å². The Labute approximate surface area is 145 Å². The van der Waals surface area contributed by atoms with Gasteiger partial charge in [0, 0.05) is 24.5 Å². The summed E-state index contributed by atoms with van der Waals surface area (Å²) in [6, 6.07) is 7.53. The smallest absolute Gasteiger partial charge is 0.408 e. The van der Waals surface area contributed by atoms with Gasteiger partial charge in [0.05, 0.1) is 11.2 Å². The van der Waals surface area contributed by atoms with Crippen LogP contribution in [0.25, 0.3) is 11.1 Å². The zero-order valence-corrected chi connectivity index (χ0v) is 15.4. The normalized spacial score (nSPS) is 11.7. The Bertz CT molecular complexity index is 905. The van der Waals surface area contributed by atoms with Gasteiger partial charge in [-0.2, -0.15) is 0 Å². The molecule has 0 saturated carbocycles. The predicted molar refractivity (Wildman–Crippen MR) is 97.7 cm³/mol. The Kier molecular flexibility index (Phi) is 4.85. The van der Waals surface area contributed by atoms with E-state index in [4.69, 9.17) is 4.42 Å². The van der Waals surface area contributed by atoms with E-state index in [1.807, 2.05) is 31.2 Å². The molecular formula is C18H23N3O2S. The van der Waals surface area contributed by atoms with Gasteiger partial charge in [0.1, 0.15) is 0 Å². The molecule has 24 heavy (non-hydrogen) atoms. The number of thioether (sulfide) groups is 1. The van der Waals surface area contributed by atoms with E-state index in [1.54, 1.807) is 16.3 Å². The summed E-state index contributed by atoms with van der Waals surface area (Å²) >= 11 is 1.69. The van der Waals surface area contributed by atoms with Crippen LogP contribution in [0.4, 0.5) is 0 Å². The Morgan fingerprint density at radius 3 is 2.71 bits per heavy atom. The summed E-state index contributed by atoms with van der Waals surface area (Å²) in [7, 11) is 0. The fourth-order valence-electron chi connectivity index (χ4n) is 2.77. The SMILES string of the molecule is Cc1nc(SCCn2c(=O)oc3ccccc32)n(CC(C)C)c1C. The molecule has 0 bridgehead atoms. The number of hydrogen-bond acceptors (Lipinski definition) is 4. The second-order valence-electron chi connectivity index (χ2n) is 6.41. The third kappa shape index (κ3) is 3.29. The summed E-state index contributed by atoms with van der Waals surface area (Å²) in [5.74, 6) is 1.05. The fraction of sp³-hybridized carbons (Fsp3) is 0.444. The molecular weight excluding hydrogens is 322 g/mol. The van der Waals surface area contributed by atoms with Gasteiger partial charge in [0.2, 0.25) is 0 Å². The number of nitrogens with zero attached hydrogens (tertiary/aromatic N) is 3. The first-order valence-corrected chi connectivity index (χ1v) is 9.21. The maximum atomic E-state index is 12.0. The third-order valence-electron chi connectivity index (χ3n) is 4.09. The molecule has 0 N–H and O–H groups in total. The van der Waals surface area contributed by atoms with Crippen LogP contribution >= 0.6 is 11.8 Å². The number of oxazole rings is 1. The number of hydrogen-bond donors (Lipinski definition) is 0. The van der Waals surface area contributed by atoms with Crippen LogP contribution in [0.1, 0.15) is 25.2 Å². The van der Waals surface area contributed by atoms with E-state index in [-0.39, 0.29) is 5.76 Å². The van der Waals surface area contributed by atoms with Crippen molar-refractivity contribution in [2.45, 2.75) is 45.9 Å². The molecule has 1 aromatic carbocycles. The fourth-order valence-corrected chi connectivity index (χ4v) is 3.79. The highest BCUT2D eigenvalue weighted by atomic mass is 32.2. The average Bonchev–Trinajstić information content (AvgIpc) is 2.99. The first-order valence-electron chi connectivity index (χ1n) is 8.22. The molecule has 2 aromatic heterocycles. The van der Waals surface area contributed by atoms with Crippen LogP contribution < -0.4 is 5.76 Å². The number of rotatable bonds is 6. The molecule has 0 aliphatic carbocycles. The molecule has 0 aliphatic heterocycles. The van der Waals surface area contributed by atoms with E-state index in [9.17, 15) is 4.79 Å². The van der Waals surface area contributed by atoms with E-state index < -0.39 is 0 Å². The van der Waals surface area contributed by atoms with Crippen molar-refractivity contribution in [1.29, 1.82) is 0 Å². The lowest BCUT2D eigenvalue weighted by Crippen LogP contribution is -2.15. The molecule has 3 aromatic rings. The lowest BCUT2D eigenvalue weighted by atomic mass is 10.2. The third-order valence-corrected chi connectivity index (χ3v) is 5.05. The topological polar surface area (TPSA) is 53.0 Å². The molecule has 0 saturated heterocycles. The summed E-state index contributed by atoms with van der Waals surface area (Å²) in [6.45, 7) is 10.1. The molecule has 0 amide bonds. The van der Waals surface area contributed by atoms with Gasteiger partial charge in [0.25, 0.3) is 0 Å². The number of para-hydroxylation sites is 2. The van der Waals surface area contributed by atoms with Crippen molar-refractivity contribution < 1.29 is 4.42 Å². The number of imidazole rings is 1. The van der Waals surface area contributed by atoms with Crippen molar-refractivity contribution in [3.8, 4) is 0 Å². The van der Waals surface area contributed by atoms with E-state index in [2.05, 4.69) is 30.3 Å². The quantitative estimate of drug-likeness (QED) is 0.637. The maximum Gasteiger partial charge on any atom is 0.419 e. The lowest BCUT2D eigenvalue weighted by Gasteiger charge is -2.12. The molecule has 5 nitrogen and oxygen atoms in total. The molecule has 128 valence electrons. The summed E-state index contributed by atoms with van der Waals surface area (Å²) in [5.41, 5.74) is 3.78. The minimum Gasteiger partial charge on any atom is -0.408 e. The summed E-state index contributed by atoms with van der Waals surface area (Å²) < 4.78 is 9.25. The van der Waals surface area contributed by atoms with E-state index in [0.717, 1.165) is 28.7 Å². The Hall–Kier alpha value is -1.95. The Morgan fingerprint density at radius 2 is 1.96 bits per heavy atom. The highest BCUT2D eigenvalue weighted by Gasteiger charge is 2.14. The van der Waals surface area contributed by atoms with Crippen molar-refractivity contribution in [2.75, 3.05) is 5.75 Å². The van der Waals surface area contributed by atoms with Gasteiger partial charge in [-0.15, -0.1) is 0 Å². The van der Waals surface area contributed by atoms with E-state index >= 15 is 0 Å². The monoisotopic (exact) mass is 345 g/mol. The second kappa shape index (κ2) is 6.89. The van der Waals surface area contributed by atoms with Crippen molar-refractivity contribution in [3.05, 3.63) is 46.2 Å². The van der Waals surface area contributed by atoms with Gasteiger partial charge >= 0.3 is 5.76 Å². The van der Waals surface area contributed by atoms with Crippen LogP contribution in [-0.2, 0) is 13.1 Å². The summed E-state index contributed by atoms with van der Waals surface area (Å²) in [6.07, 6.45) is 0.